The van der Waals surface area contributed by atoms with Crippen LogP contribution in [0.2, 0.25) is 0 Å². The Bertz CT molecular complexity index is 1790. The van der Waals surface area contributed by atoms with Gasteiger partial charge in [0.2, 0.25) is 5.91 Å². The fourth-order valence-electron chi connectivity index (χ4n) is 8.30. The number of allylic oxidation sites excluding steroid dienone is 3. The number of rotatable bonds is 7. The summed E-state index contributed by atoms with van der Waals surface area (Å²) >= 11 is 0. The highest BCUT2D eigenvalue weighted by atomic mass is 16.3. The van der Waals surface area contributed by atoms with E-state index >= 15 is 0 Å². The number of primary amides is 1. The van der Waals surface area contributed by atoms with Crippen LogP contribution in [0.15, 0.2) is 48.2 Å². The standard InChI is InChI=1S/C37H41N3O7/c1-17(2)27-25-14-21-13-24-26(40(4)5)15-22(16-39-23-11-10-20(12-23)19-8-6-18(3)7-9-19)31(41)29(24)33(43)28(21)34(44)37(25,47)35(45)30(32(27)42)36(38)46/h6-9,11-12,15,17,21,25,27-28,30,39,41,47H,10,13-14,16H2,1-5H3,(H2,38,46)/t21-,25-,27-,28?,30?,37-/m0/s1. The number of ketones is 4. The van der Waals surface area contributed by atoms with Crippen molar-refractivity contribution < 1.29 is 34.2 Å². The molecule has 47 heavy (non-hydrogen) atoms. The van der Waals surface area contributed by atoms with Crippen molar-refractivity contribution >= 4 is 40.3 Å². The van der Waals surface area contributed by atoms with Crippen molar-refractivity contribution in [1.82, 2.24) is 5.32 Å². The molecule has 0 bridgehead atoms. The number of anilines is 1. The number of hydrogen-bond donors (Lipinski definition) is 4. The van der Waals surface area contributed by atoms with Crippen LogP contribution >= 0.6 is 0 Å². The van der Waals surface area contributed by atoms with E-state index in [0.717, 1.165) is 23.3 Å². The summed E-state index contributed by atoms with van der Waals surface area (Å²) in [7, 11) is 3.66. The van der Waals surface area contributed by atoms with Crippen molar-refractivity contribution in [1.29, 1.82) is 0 Å². The Hall–Kier alpha value is -4.57. The molecule has 2 aromatic carbocycles. The van der Waals surface area contributed by atoms with Crippen LogP contribution < -0.4 is 16.0 Å². The molecular weight excluding hydrogens is 598 g/mol. The quantitative estimate of drug-likeness (QED) is 0.333. The lowest BCUT2D eigenvalue weighted by Crippen LogP contribution is -2.71. The van der Waals surface area contributed by atoms with Gasteiger partial charge in [-0.1, -0.05) is 49.8 Å². The zero-order valence-corrected chi connectivity index (χ0v) is 27.3. The molecule has 2 unspecified atom stereocenters. The van der Waals surface area contributed by atoms with Gasteiger partial charge in [0.25, 0.3) is 0 Å². The lowest BCUT2D eigenvalue weighted by atomic mass is 9.49. The number of benzene rings is 2. The molecular formula is C37H41N3O7. The Balaban J connectivity index is 1.35. The number of amides is 1. The van der Waals surface area contributed by atoms with Gasteiger partial charge in [0.15, 0.2) is 34.7 Å². The van der Waals surface area contributed by atoms with Gasteiger partial charge in [0.05, 0.1) is 11.5 Å². The van der Waals surface area contributed by atoms with Gasteiger partial charge < -0.3 is 26.2 Å². The molecule has 2 aromatic rings. The minimum absolute atomic E-state index is 0.00728. The van der Waals surface area contributed by atoms with Crippen LogP contribution in [0, 0.1) is 42.4 Å². The van der Waals surface area contributed by atoms with Crippen molar-refractivity contribution in [2.24, 2.45) is 41.2 Å². The molecule has 1 amide bonds. The molecule has 5 N–H and O–H groups in total. The van der Waals surface area contributed by atoms with Gasteiger partial charge in [-0.2, -0.15) is 0 Å². The van der Waals surface area contributed by atoms with Crippen LogP contribution in [0.4, 0.5) is 5.69 Å². The first-order chi connectivity index (χ1) is 22.2. The molecule has 0 saturated heterocycles. The molecule has 2 saturated carbocycles. The van der Waals surface area contributed by atoms with Crippen molar-refractivity contribution in [3.05, 3.63) is 76.0 Å². The van der Waals surface area contributed by atoms with E-state index in [1.807, 2.05) is 32.0 Å². The van der Waals surface area contributed by atoms with E-state index in [1.165, 1.54) is 5.56 Å². The molecule has 10 nitrogen and oxygen atoms in total. The lowest BCUT2D eigenvalue weighted by Gasteiger charge is -2.52. The Labute approximate surface area is 273 Å². The first kappa shape index (κ1) is 32.4. The molecule has 10 heteroatoms. The topological polar surface area (TPSA) is 167 Å². The Morgan fingerprint density at radius 2 is 1.79 bits per heavy atom. The normalized spacial score (nSPS) is 28.4. The number of phenolic OH excluding ortho intramolecular Hbond substituents is 1. The molecule has 0 spiro atoms. The molecule has 4 aliphatic carbocycles. The first-order valence-corrected chi connectivity index (χ1v) is 16.1. The summed E-state index contributed by atoms with van der Waals surface area (Å²) in [6.45, 7) is 5.69. The van der Waals surface area contributed by atoms with Gasteiger partial charge in [0, 0.05) is 49.4 Å². The summed E-state index contributed by atoms with van der Waals surface area (Å²) in [6, 6.07) is 10.1. The highest BCUT2D eigenvalue weighted by Gasteiger charge is 2.69. The number of hydrogen-bond acceptors (Lipinski definition) is 9. The maximum Gasteiger partial charge on any atom is 0.235 e. The van der Waals surface area contributed by atoms with E-state index in [2.05, 4.69) is 41.7 Å². The molecule has 0 aromatic heterocycles. The van der Waals surface area contributed by atoms with E-state index < -0.39 is 70.1 Å². The van der Waals surface area contributed by atoms with E-state index in [9.17, 15) is 34.2 Å². The maximum absolute atomic E-state index is 14.3. The van der Waals surface area contributed by atoms with Crippen molar-refractivity contribution in [3.8, 4) is 5.75 Å². The van der Waals surface area contributed by atoms with Crippen molar-refractivity contribution in [2.45, 2.75) is 52.2 Å². The van der Waals surface area contributed by atoms with Gasteiger partial charge in [-0.05, 0) is 66.9 Å². The fraction of sp³-hybridized carbons (Fsp3) is 0.432. The highest BCUT2D eigenvalue weighted by Crippen LogP contribution is 2.54. The smallest absolute Gasteiger partial charge is 0.235 e. The largest absolute Gasteiger partial charge is 0.507 e. The van der Waals surface area contributed by atoms with Gasteiger partial charge in [-0.3, -0.25) is 24.0 Å². The maximum atomic E-state index is 14.3. The van der Waals surface area contributed by atoms with Crippen molar-refractivity contribution in [3.63, 3.8) is 0 Å². The number of nitrogens with two attached hydrogens (primary N) is 1. The van der Waals surface area contributed by atoms with Crippen LogP contribution in [-0.4, -0.2) is 58.9 Å². The summed E-state index contributed by atoms with van der Waals surface area (Å²) in [5.41, 5.74) is 8.77. The van der Waals surface area contributed by atoms with Crippen LogP contribution in [-0.2, 0) is 32.1 Å². The zero-order valence-electron chi connectivity index (χ0n) is 27.3. The van der Waals surface area contributed by atoms with Gasteiger partial charge in [-0.15, -0.1) is 0 Å². The van der Waals surface area contributed by atoms with Crippen LogP contribution in [0.25, 0.3) is 5.57 Å². The fourth-order valence-corrected chi connectivity index (χ4v) is 8.30. The van der Waals surface area contributed by atoms with Crippen LogP contribution in [0.3, 0.4) is 0 Å². The SMILES string of the molecule is Cc1ccc(C2=CC(NCc3cc(N(C)C)c4c(c3O)C(=O)C3C(=O)[C@]5(O)C(=O)C(C(N)=O)C(=O)[C@@H](C(C)C)[C@@H]5C[C@@H]3C4)=CC2)cc1. The minimum Gasteiger partial charge on any atom is -0.507 e. The van der Waals surface area contributed by atoms with Crippen LogP contribution in [0.1, 0.15) is 59.3 Å². The third kappa shape index (κ3) is 5.01. The molecule has 6 rings (SSSR count). The van der Waals surface area contributed by atoms with Crippen LogP contribution in [0.5, 0.6) is 5.75 Å². The van der Waals surface area contributed by atoms with E-state index in [4.69, 9.17) is 5.73 Å². The van der Waals surface area contributed by atoms with E-state index in [0.29, 0.717) is 16.8 Å². The number of carbonyl (C=O) groups is 5. The summed E-state index contributed by atoms with van der Waals surface area (Å²) in [4.78, 5) is 69.5. The molecule has 2 fully saturated rings. The predicted molar refractivity (Wildman–Crippen MR) is 175 cm³/mol. The second-order valence-corrected chi connectivity index (χ2v) is 14.1. The second kappa shape index (κ2) is 11.6. The summed E-state index contributed by atoms with van der Waals surface area (Å²) in [5, 5.41) is 26.8. The van der Waals surface area contributed by atoms with Crippen molar-refractivity contribution in [2.75, 3.05) is 19.0 Å². The lowest BCUT2D eigenvalue weighted by molar-refractivity contribution is -0.182. The molecule has 0 aliphatic heterocycles. The number of nitrogens with one attached hydrogen (secondary N) is 1. The Morgan fingerprint density at radius 3 is 2.40 bits per heavy atom. The summed E-state index contributed by atoms with van der Waals surface area (Å²) in [6.07, 6.45) is 5.12. The summed E-state index contributed by atoms with van der Waals surface area (Å²) < 4.78 is 0. The van der Waals surface area contributed by atoms with Gasteiger partial charge in [-0.25, -0.2) is 0 Å². The number of aromatic hydroxyl groups is 1. The summed E-state index contributed by atoms with van der Waals surface area (Å²) in [5.74, 6) is -11.6. The predicted octanol–water partition coefficient (Wildman–Crippen LogP) is 3.04. The zero-order chi connectivity index (χ0) is 34.1. The number of aryl methyl sites for hydroxylation is 1. The minimum atomic E-state index is -2.72. The number of Topliss-reactive ketones (excluding diaryl/α,β-unsaturated/α-hetero) is 4. The third-order valence-electron chi connectivity index (χ3n) is 10.6. The monoisotopic (exact) mass is 639 g/mol. The first-order valence-electron chi connectivity index (χ1n) is 16.1. The molecule has 246 valence electrons. The molecule has 6 atom stereocenters. The third-order valence-corrected chi connectivity index (χ3v) is 10.6. The van der Waals surface area contributed by atoms with E-state index in [-0.39, 0.29) is 30.7 Å². The molecule has 0 heterocycles. The highest BCUT2D eigenvalue weighted by molar-refractivity contribution is 6.32. The van der Waals surface area contributed by atoms with E-state index in [1.54, 1.807) is 13.8 Å². The average molecular weight is 640 g/mol. The average Bonchev–Trinajstić information content (AvgIpc) is 3.47. The Kier molecular flexibility index (Phi) is 7.99. The number of phenols is 1. The molecule has 4 aliphatic rings. The number of fused-ring (bicyclic) bond motifs is 3. The number of nitrogens with zero attached hydrogens (tertiary/aromatic N) is 1. The molecule has 0 radical (unpaired) electrons. The van der Waals surface area contributed by atoms with Gasteiger partial charge >= 0.3 is 0 Å². The Morgan fingerprint density at radius 1 is 1.11 bits per heavy atom. The second-order valence-electron chi connectivity index (χ2n) is 14.1. The van der Waals surface area contributed by atoms with Gasteiger partial charge in [0.1, 0.15) is 5.75 Å². The number of carbonyl (C=O) groups excluding carboxylic acids is 5. The number of aliphatic hydroxyl groups is 1.